The highest BCUT2D eigenvalue weighted by molar-refractivity contribution is 9.10. The van der Waals surface area contributed by atoms with Gasteiger partial charge in [-0.15, -0.1) is 0 Å². The van der Waals surface area contributed by atoms with Crippen LogP contribution in [0.5, 0.6) is 0 Å². The van der Waals surface area contributed by atoms with E-state index in [0.29, 0.717) is 0 Å². The number of rotatable bonds is 7. The van der Waals surface area contributed by atoms with Crippen LogP contribution in [0.3, 0.4) is 0 Å². The van der Waals surface area contributed by atoms with Crippen molar-refractivity contribution in [2.24, 2.45) is 0 Å². The van der Waals surface area contributed by atoms with Gasteiger partial charge in [0.05, 0.1) is 0 Å². The van der Waals surface area contributed by atoms with Gasteiger partial charge in [0.25, 0.3) is 0 Å². The van der Waals surface area contributed by atoms with Crippen LogP contribution in [0.15, 0.2) is 65.1 Å². The van der Waals surface area contributed by atoms with Gasteiger partial charge in [0.2, 0.25) is 0 Å². The minimum Gasteiger partial charge on any atom is -0.368 e. The molecule has 0 heterocycles. The molecule has 0 aromatic heterocycles. The van der Waals surface area contributed by atoms with E-state index in [1.54, 1.807) is 6.08 Å². The maximum atomic E-state index is 12.8. The van der Waals surface area contributed by atoms with Crippen molar-refractivity contribution in [1.29, 1.82) is 0 Å². The monoisotopic (exact) mass is 395 g/mol. The van der Waals surface area contributed by atoms with Crippen molar-refractivity contribution < 1.29 is 13.6 Å². The van der Waals surface area contributed by atoms with E-state index in [2.05, 4.69) is 21.2 Å². The minimum absolute atomic E-state index is 0.598. The molecule has 1 atom stereocenters. The molecule has 2 rings (SSSR count). The van der Waals surface area contributed by atoms with Crippen LogP contribution in [0.25, 0.3) is 6.08 Å². The van der Waals surface area contributed by atoms with Crippen molar-refractivity contribution in [2.75, 3.05) is 19.5 Å². The third kappa shape index (κ3) is 5.05. The first-order chi connectivity index (χ1) is 11.1. The van der Waals surface area contributed by atoms with E-state index in [0.717, 1.165) is 15.7 Å². The molecule has 0 saturated heterocycles. The quantitative estimate of drug-likeness (QED) is 0.638. The average Bonchev–Trinajstić information content (AvgIpc) is 2.60. The van der Waals surface area contributed by atoms with Crippen LogP contribution in [0.2, 0.25) is 0 Å². The average molecular weight is 396 g/mol. The van der Waals surface area contributed by atoms with Crippen molar-refractivity contribution in [3.63, 3.8) is 0 Å². The molecular formula is C17H19BrNO3P. The predicted molar refractivity (Wildman–Crippen MR) is 98.7 cm³/mol. The maximum absolute atomic E-state index is 12.8. The Balaban J connectivity index is 2.26. The van der Waals surface area contributed by atoms with Gasteiger partial charge in [-0.25, -0.2) is 0 Å². The van der Waals surface area contributed by atoms with Crippen LogP contribution in [0.4, 0.5) is 5.69 Å². The molecule has 23 heavy (non-hydrogen) atoms. The van der Waals surface area contributed by atoms with Gasteiger partial charge in [-0.2, -0.15) is 0 Å². The molecule has 2 aromatic rings. The predicted octanol–water partition coefficient (Wildman–Crippen LogP) is 5.39. The van der Waals surface area contributed by atoms with E-state index in [9.17, 15) is 4.57 Å². The first-order valence-corrected chi connectivity index (χ1v) is 9.44. The highest BCUT2D eigenvalue weighted by Gasteiger charge is 2.32. The van der Waals surface area contributed by atoms with Crippen LogP contribution in [-0.4, -0.2) is 20.0 Å². The lowest BCUT2D eigenvalue weighted by Gasteiger charge is -2.23. The van der Waals surface area contributed by atoms with E-state index in [1.807, 2.05) is 60.7 Å². The number of benzene rings is 2. The van der Waals surface area contributed by atoms with E-state index in [4.69, 9.17) is 9.05 Å². The second kappa shape index (κ2) is 8.46. The largest absolute Gasteiger partial charge is 0.368 e. The number of anilines is 1. The molecule has 0 spiro atoms. The number of hydrogen-bond acceptors (Lipinski definition) is 4. The van der Waals surface area contributed by atoms with Crippen LogP contribution >= 0.6 is 23.5 Å². The van der Waals surface area contributed by atoms with Gasteiger partial charge < -0.3 is 14.4 Å². The summed E-state index contributed by atoms with van der Waals surface area (Å²) in [6.07, 6.45) is 3.69. The lowest BCUT2D eigenvalue weighted by Crippen LogP contribution is -2.19. The Hall–Kier alpha value is -1.39. The van der Waals surface area contributed by atoms with Crippen LogP contribution in [-0.2, 0) is 13.6 Å². The zero-order valence-corrected chi connectivity index (χ0v) is 15.5. The summed E-state index contributed by atoms with van der Waals surface area (Å²) in [5.74, 6) is -0.598. The fraction of sp³-hybridized carbons (Fsp3) is 0.176. The summed E-state index contributed by atoms with van der Waals surface area (Å²) in [7, 11) is -0.544. The molecule has 0 bridgehead atoms. The molecule has 0 aliphatic heterocycles. The summed E-state index contributed by atoms with van der Waals surface area (Å²) in [5, 5.41) is 3.20. The van der Waals surface area contributed by atoms with Crippen molar-refractivity contribution in [3.8, 4) is 0 Å². The molecule has 6 heteroatoms. The first-order valence-electron chi connectivity index (χ1n) is 7.04. The molecule has 0 saturated carbocycles. The molecule has 2 aromatic carbocycles. The van der Waals surface area contributed by atoms with E-state index in [1.165, 1.54) is 14.2 Å². The third-order valence-electron chi connectivity index (χ3n) is 3.28. The molecule has 0 aliphatic rings. The second-order valence-electron chi connectivity index (χ2n) is 4.77. The van der Waals surface area contributed by atoms with Gasteiger partial charge in [0.15, 0.2) is 0 Å². The lowest BCUT2D eigenvalue weighted by atomic mass is 10.2. The Bertz CT molecular complexity index is 681. The zero-order valence-electron chi connectivity index (χ0n) is 13.0. The third-order valence-corrected chi connectivity index (χ3v) is 5.81. The molecule has 1 unspecified atom stereocenters. The summed E-state index contributed by atoms with van der Waals surface area (Å²) < 4.78 is 24.0. The van der Waals surface area contributed by atoms with E-state index in [-0.39, 0.29) is 0 Å². The zero-order chi connectivity index (χ0) is 16.7. The van der Waals surface area contributed by atoms with Crippen LogP contribution < -0.4 is 5.32 Å². The molecule has 122 valence electrons. The Morgan fingerprint density at radius 2 is 1.65 bits per heavy atom. The second-order valence-corrected chi connectivity index (χ2v) is 8.05. The van der Waals surface area contributed by atoms with Crippen LogP contribution in [0.1, 0.15) is 5.56 Å². The Kier molecular flexibility index (Phi) is 6.60. The summed E-state index contributed by atoms with van der Waals surface area (Å²) in [6, 6.07) is 17.4. The molecule has 0 amide bonds. The highest BCUT2D eigenvalue weighted by atomic mass is 79.9. The maximum Gasteiger partial charge on any atom is 0.356 e. The minimum atomic E-state index is -3.32. The molecule has 1 N–H and O–H groups in total. The molecule has 4 nitrogen and oxygen atoms in total. The summed E-state index contributed by atoms with van der Waals surface area (Å²) in [5.41, 5.74) is 1.83. The van der Waals surface area contributed by atoms with Gasteiger partial charge in [-0.1, -0.05) is 52.3 Å². The van der Waals surface area contributed by atoms with Gasteiger partial charge in [-0.05, 0) is 35.9 Å². The Morgan fingerprint density at radius 1 is 1.04 bits per heavy atom. The summed E-state index contributed by atoms with van der Waals surface area (Å²) in [6.45, 7) is 0. The van der Waals surface area contributed by atoms with Gasteiger partial charge >= 0.3 is 7.60 Å². The summed E-state index contributed by atoms with van der Waals surface area (Å²) >= 11 is 3.39. The van der Waals surface area contributed by atoms with Crippen molar-refractivity contribution in [1.82, 2.24) is 0 Å². The number of halogens is 1. The number of hydrogen-bond donors (Lipinski definition) is 1. The van der Waals surface area contributed by atoms with E-state index < -0.39 is 13.4 Å². The lowest BCUT2D eigenvalue weighted by molar-refractivity contribution is 0.272. The van der Waals surface area contributed by atoms with Gasteiger partial charge in [-0.3, -0.25) is 4.57 Å². The highest BCUT2D eigenvalue weighted by Crippen LogP contribution is 2.52. The Morgan fingerprint density at radius 3 is 2.22 bits per heavy atom. The normalized spacial score (nSPS) is 13.2. The van der Waals surface area contributed by atoms with E-state index >= 15 is 0 Å². The molecule has 0 aliphatic carbocycles. The fourth-order valence-corrected chi connectivity index (χ4v) is 3.49. The smallest absolute Gasteiger partial charge is 0.356 e. The van der Waals surface area contributed by atoms with Crippen molar-refractivity contribution >= 4 is 35.3 Å². The fourth-order valence-electron chi connectivity index (χ4n) is 2.02. The number of nitrogens with one attached hydrogen (secondary N) is 1. The summed E-state index contributed by atoms with van der Waals surface area (Å²) in [4.78, 5) is 0. The van der Waals surface area contributed by atoms with Crippen LogP contribution in [0, 0.1) is 0 Å². The Labute approximate surface area is 145 Å². The SMILES string of the molecule is COP(=O)(OC)C(/C=C/c1ccccc1)Nc1ccc(Br)cc1. The molecule has 0 fully saturated rings. The molecular weight excluding hydrogens is 377 g/mol. The van der Waals surface area contributed by atoms with Crippen molar-refractivity contribution in [3.05, 3.63) is 70.7 Å². The topological polar surface area (TPSA) is 47.6 Å². The van der Waals surface area contributed by atoms with Crippen molar-refractivity contribution in [2.45, 2.75) is 5.78 Å². The standard InChI is InChI=1S/C17H19BrNO3P/c1-21-23(20,22-2)17(13-8-14-6-4-3-5-7-14)19-16-11-9-15(18)10-12-16/h3-13,17,19H,1-2H3/b13-8+. The van der Waals surface area contributed by atoms with Gasteiger partial charge in [0, 0.05) is 24.4 Å². The van der Waals surface area contributed by atoms with Gasteiger partial charge in [0.1, 0.15) is 5.78 Å². The molecule has 0 radical (unpaired) electrons. The first kappa shape index (κ1) is 18.0.